The van der Waals surface area contributed by atoms with E-state index in [2.05, 4.69) is 5.32 Å². The van der Waals surface area contributed by atoms with Gasteiger partial charge in [0.2, 0.25) is 0 Å². The number of rotatable bonds is 3. The van der Waals surface area contributed by atoms with Crippen LogP contribution in [0.1, 0.15) is 30.2 Å². The summed E-state index contributed by atoms with van der Waals surface area (Å²) in [5.74, 6) is 0.314. The highest BCUT2D eigenvalue weighted by Crippen LogP contribution is 2.35. The van der Waals surface area contributed by atoms with Crippen molar-refractivity contribution in [3.63, 3.8) is 0 Å². The Morgan fingerprint density at radius 3 is 2.76 bits per heavy atom. The number of hydrogen-bond donors (Lipinski definition) is 1. The van der Waals surface area contributed by atoms with Gasteiger partial charge in [-0.3, -0.25) is 0 Å². The minimum absolute atomic E-state index is 0.127. The quantitative estimate of drug-likeness (QED) is 0.932. The highest BCUT2D eigenvalue weighted by molar-refractivity contribution is 7.92. The van der Waals surface area contributed by atoms with Crippen LogP contribution in [-0.4, -0.2) is 26.5 Å². The Hall–Kier alpha value is -0.100. The van der Waals surface area contributed by atoms with E-state index in [1.807, 2.05) is 19.2 Å². The number of sulfone groups is 1. The molecule has 0 bridgehead atoms. The lowest BCUT2D eigenvalue weighted by Crippen LogP contribution is -2.38. The van der Waals surface area contributed by atoms with Crippen LogP contribution in [0, 0.1) is 0 Å². The van der Waals surface area contributed by atoms with E-state index in [0.717, 1.165) is 24.1 Å². The topological polar surface area (TPSA) is 46.2 Å². The van der Waals surface area contributed by atoms with Gasteiger partial charge in [-0.05, 0) is 32.0 Å². The first-order valence-corrected chi connectivity index (χ1v) is 8.59. The van der Waals surface area contributed by atoms with Gasteiger partial charge in [-0.1, -0.05) is 18.0 Å². The third-order valence-electron chi connectivity index (χ3n) is 3.21. The maximum atomic E-state index is 12.1. The molecule has 17 heavy (non-hydrogen) atoms. The first kappa shape index (κ1) is 13.3. The molecule has 1 aliphatic heterocycles. The molecule has 0 saturated carbocycles. The normalized spacial score (nSPS) is 25.6. The van der Waals surface area contributed by atoms with Crippen LogP contribution < -0.4 is 5.32 Å². The first-order valence-electron chi connectivity index (χ1n) is 5.68. The second kappa shape index (κ2) is 5.26. The number of thiophene rings is 1. The summed E-state index contributed by atoms with van der Waals surface area (Å²) < 4.78 is 24.9. The van der Waals surface area contributed by atoms with Crippen molar-refractivity contribution in [2.75, 3.05) is 12.8 Å². The smallest absolute Gasteiger partial charge is 0.155 e. The van der Waals surface area contributed by atoms with Gasteiger partial charge in [-0.25, -0.2) is 8.42 Å². The average molecular weight is 294 g/mol. The SMILES string of the molecule is CNC(c1ccc(Cl)s1)C1CCCCS1(=O)=O. The zero-order chi connectivity index (χ0) is 12.5. The molecule has 0 aliphatic carbocycles. The van der Waals surface area contributed by atoms with E-state index >= 15 is 0 Å². The largest absolute Gasteiger partial charge is 0.311 e. The molecule has 0 spiro atoms. The summed E-state index contributed by atoms with van der Waals surface area (Å²) >= 11 is 7.37. The maximum Gasteiger partial charge on any atom is 0.155 e. The summed E-state index contributed by atoms with van der Waals surface area (Å²) in [6.07, 6.45) is 2.52. The summed E-state index contributed by atoms with van der Waals surface area (Å²) in [7, 11) is -1.16. The zero-order valence-corrected chi connectivity index (χ0v) is 12.0. The summed E-state index contributed by atoms with van der Waals surface area (Å²) in [4.78, 5) is 1.01. The van der Waals surface area contributed by atoms with Crippen LogP contribution in [0.15, 0.2) is 12.1 Å². The van der Waals surface area contributed by atoms with E-state index < -0.39 is 9.84 Å². The Labute approximate surface area is 111 Å². The van der Waals surface area contributed by atoms with E-state index in [-0.39, 0.29) is 11.3 Å². The van der Waals surface area contributed by atoms with Crippen molar-refractivity contribution >= 4 is 32.8 Å². The Morgan fingerprint density at radius 2 is 2.24 bits per heavy atom. The van der Waals surface area contributed by atoms with E-state index in [0.29, 0.717) is 10.1 Å². The maximum absolute atomic E-state index is 12.1. The van der Waals surface area contributed by atoms with Gasteiger partial charge in [-0.15, -0.1) is 11.3 Å². The van der Waals surface area contributed by atoms with Gasteiger partial charge in [0.1, 0.15) is 0 Å². The van der Waals surface area contributed by atoms with Crippen LogP contribution in [-0.2, 0) is 9.84 Å². The van der Waals surface area contributed by atoms with Crippen molar-refractivity contribution in [1.82, 2.24) is 5.32 Å². The predicted octanol–water partition coefficient (Wildman–Crippen LogP) is 2.63. The highest BCUT2D eigenvalue weighted by Gasteiger charge is 2.36. The van der Waals surface area contributed by atoms with Crippen molar-refractivity contribution in [2.45, 2.75) is 30.6 Å². The molecule has 1 fully saturated rings. The number of hydrogen-bond acceptors (Lipinski definition) is 4. The molecular weight excluding hydrogens is 278 g/mol. The van der Waals surface area contributed by atoms with Crippen molar-refractivity contribution in [1.29, 1.82) is 0 Å². The fourth-order valence-corrected chi connectivity index (χ4v) is 5.82. The Balaban J connectivity index is 2.29. The molecule has 2 atom stereocenters. The molecule has 0 radical (unpaired) electrons. The molecule has 1 aromatic rings. The van der Waals surface area contributed by atoms with E-state index in [4.69, 9.17) is 11.6 Å². The second-order valence-electron chi connectivity index (χ2n) is 4.31. The molecule has 2 rings (SSSR count). The van der Waals surface area contributed by atoms with Gasteiger partial charge in [0.15, 0.2) is 9.84 Å². The lowest BCUT2D eigenvalue weighted by atomic mass is 10.1. The standard InChI is InChI=1S/C11H16ClNO2S2/c1-13-11(8-5-6-10(12)16-8)9-4-2-3-7-17(9,14)15/h5-6,9,11,13H,2-4,7H2,1H3. The number of halogens is 1. The van der Waals surface area contributed by atoms with Gasteiger partial charge in [0, 0.05) is 4.88 Å². The van der Waals surface area contributed by atoms with Crippen LogP contribution >= 0.6 is 22.9 Å². The molecular formula is C11H16ClNO2S2. The third kappa shape index (κ3) is 2.84. The third-order valence-corrected chi connectivity index (χ3v) is 6.81. The summed E-state index contributed by atoms with van der Waals surface area (Å²) in [5.41, 5.74) is 0. The molecule has 1 N–H and O–H groups in total. The monoisotopic (exact) mass is 293 g/mol. The van der Waals surface area contributed by atoms with Crippen molar-refractivity contribution < 1.29 is 8.42 Å². The Kier molecular flexibility index (Phi) is 4.13. The fraction of sp³-hybridized carbons (Fsp3) is 0.636. The van der Waals surface area contributed by atoms with Crippen LogP contribution in [0.5, 0.6) is 0 Å². The molecule has 1 saturated heterocycles. The van der Waals surface area contributed by atoms with Gasteiger partial charge in [0.25, 0.3) is 0 Å². The van der Waals surface area contributed by atoms with Crippen LogP contribution in [0.25, 0.3) is 0 Å². The lowest BCUT2D eigenvalue weighted by Gasteiger charge is -2.29. The molecule has 1 aromatic heterocycles. The van der Waals surface area contributed by atoms with Crippen molar-refractivity contribution in [2.24, 2.45) is 0 Å². The molecule has 2 heterocycles. The zero-order valence-electron chi connectivity index (χ0n) is 9.65. The molecule has 6 heteroatoms. The van der Waals surface area contributed by atoms with E-state index in [1.165, 1.54) is 11.3 Å². The summed E-state index contributed by atoms with van der Waals surface area (Å²) in [5, 5.41) is 2.82. The predicted molar refractivity (Wildman–Crippen MR) is 72.6 cm³/mol. The second-order valence-corrected chi connectivity index (χ2v) is 8.40. The molecule has 96 valence electrons. The molecule has 3 nitrogen and oxygen atoms in total. The first-order chi connectivity index (χ1) is 8.04. The summed E-state index contributed by atoms with van der Waals surface area (Å²) in [6, 6.07) is 3.61. The van der Waals surface area contributed by atoms with Crippen LogP contribution in [0.3, 0.4) is 0 Å². The highest BCUT2D eigenvalue weighted by atomic mass is 35.5. The van der Waals surface area contributed by atoms with Crippen LogP contribution in [0.4, 0.5) is 0 Å². The fourth-order valence-electron chi connectivity index (χ4n) is 2.36. The van der Waals surface area contributed by atoms with Crippen molar-refractivity contribution in [3.8, 4) is 0 Å². The minimum atomic E-state index is -2.97. The molecule has 2 unspecified atom stereocenters. The Bertz CT molecular complexity index is 483. The van der Waals surface area contributed by atoms with Crippen LogP contribution in [0.2, 0.25) is 4.34 Å². The molecule has 1 aliphatic rings. The minimum Gasteiger partial charge on any atom is -0.311 e. The lowest BCUT2D eigenvalue weighted by molar-refractivity contribution is 0.473. The van der Waals surface area contributed by atoms with Gasteiger partial charge in [0.05, 0.1) is 21.4 Å². The Morgan fingerprint density at radius 1 is 1.47 bits per heavy atom. The van der Waals surface area contributed by atoms with Gasteiger partial charge < -0.3 is 5.32 Å². The molecule has 0 aromatic carbocycles. The average Bonchev–Trinajstić information content (AvgIpc) is 2.68. The van der Waals surface area contributed by atoms with Gasteiger partial charge in [-0.2, -0.15) is 0 Å². The van der Waals surface area contributed by atoms with E-state index in [9.17, 15) is 8.42 Å². The van der Waals surface area contributed by atoms with E-state index in [1.54, 1.807) is 0 Å². The summed E-state index contributed by atoms with van der Waals surface area (Å²) in [6.45, 7) is 0. The van der Waals surface area contributed by atoms with Crippen molar-refractivity contribution in [3.05, 3.63) is 21.3 Å². The number of nitrogens with one attached hydrogen (secondary N) is 1. The van der Waals surface area contributed by atoms with Gasteiger partial charge >= 0.3 is 0 Å². The molecule has 0 amide bonds.